The van der Waals surface area contributed by atoms with Gasteiger partial charge in [-0.2, -0.15) is 0 Å². The molecule has 2 aromatic rings. The van der Waals surface area contributed by atoms with E-state index in [0.717, 1.165) is 12.0 Å². The van der Waals surface area contributed by atoms with Gasteiger partial charge >= 0.3 is 5.97 Å². The third-order valence-corrected chi connectivity index (χ3v) is 3.68. The quantitative estimate of drug-likeness (QED) is 0.706. The van der Waals surface area contributed by atoms with Gasteiger partial charge in [-0.1, -0.05) is 56.9 Å². The van der Waals surface area contributed by atoms with Gasteiger partial charge in [-0.05, 0) is 18.4 Å². The van der Waals surface area contributed by atoms with Crippen LogP contribution in [0.15, 0.2) is 36.7 Å². The molecule has 0 unspecified atom stereocenters. The molecule has 0 atom stereocenters. The zero-order valence-electron chi connectivity index (χ0n) is 13.4. The van der Waals surface area contributed by atoms with E-state index in [1.54, 1.807) is 0 Å². The summed E-state index contributed by atoms with van der Waals surface area (Å²) in [4.78, 5) is 19.0. The average Bonchev–Trinajstić information content (AvgIpc) is 2.55. The molecular weight excluding hydrogens is 312 g/mol. The van der Waals surface area contributed by atoms with Crippen LogP contribution >= 0.6 is 12.4 Å². The lowest BCUT2D eigenvalue weighted by atomic mass is 10.0. The Morgan fingerprint density at radius 2 is 1.61 bits per heavy atom. The van der Waals surface area contributed by atoms with Crippen LogP contribution in [-0.4, -0.2) is 21.0 Å². The molecule has 0 amide bonds. The number of unbranched alkanes of at least 4 members (excludes halogenated alkanes) is 4. The van der Waals surface area contributed by atoms with E-state index in [1.165, 1.54) is 50.1 Å². The largest absolute Gasteiger partial charge is 0.478 e. The van der Waals surface area contributed by atoms with Gasteiger partial charge in [-0.15, -0.1) is 12.4 Å². The normalized spacial score (nSPS) is 10.1. The number of carboxylic acids is 1. The minimum absolute atomic E-state index is 0. The summed E-state index contributed by atoms with van der Waals surface area (Å²) in [5.74, 6) is -0.454. The third kappa shape index (κ3) is 5.99. The van der Waals surface area contributed by atoms with E-state index in [0.29, 0.717) is 5.82 Å². The molecule has 1 aromatic carbocycles. The van der Waals surface area contributed by atoms with Crippen molar-refractivity contribution in [1.29, 1.82) is 0 Å². The molecule has 0 fully saturated rings. The molecule has 0 aliphatic carbocycles. The monoisotopic (exact) mass is 334 g/mol. The number of carboxylic acid groups (broad SMARTS) is 1. The second kappa shape index (κ2) is 9.95. The minimum atomic E-state index is -1.01. The lowest BCUT2D eigenvalue weighted by Crippen LogP contribution is -1.99. The molecular formula is C18H23ClN2O2. The lowest BCUT2D eigenvalue weighted by molar-refractivity contribution is 0.0696. The fourth-order valence-electron chi connectivity index (χ4n) is 2.34. The summed E-state index contributed by atoms with van der Waals surface area (Å²) in [5, 5.41) is 8.84. The Bertz CT molecular complexity index is 597. The van der Waals surface area contributed by atoms with Gasteiger partial charge in [0.25, 0.3) is 0 Å². The van der Waals surface area contributed by atoms with Crippen molar-refractivity contribution >= 4 is 18.4 Å². The van der Waals surface area contributed by atoms with Crippen LogP contribution in [0.4, 0.5) is 0 Å². The van der Waals surface area contributed by atoms with E-state index < -0.39 is 5.97 Å². The highest BCUT2D eigenvalue weighted by molar-refractivity contribution is 5.86. The first-order valence-electron chi connectivity index (χ1n) is 7.85. The van der Waals surface area contributed by atoms with Gasteiger partial charge in [-0.25, -0.2) is 14.8 Å². The molecule has 0 saturated carbocycles. The van der Waals surface area contributed by atoms with Crippen molar-refractivity contribution in [3.05, 3.63) is 47.8 Å². The van der Waals surface area contributed by atoms with Gasteiger partial charge in [0.15, 0.2) is 5.82 Å². The van der Waals surface area contributed by atoms with Crippen molar-refractivity contribution in [2.75, 3.05) is 0 Å². The number of halogens is 1. The SMILES string of the molecule is CCCCCCCc1ccc(-c2ncc(C(=O)O)cn2)cc1.Cl. The molecule has 0 saturated heterocycles. The van der Waals surface area contributed by atoms with E-state index in [1.807, 2.05) is 12.1 Å². The predicted octanol–water partition coefficient (Wildman–Crippen LogP) is 4.78. The second-order valence-corrected chi connectivity index (χ2v) is 5.46. The van der Waals surface area contributed by atoms with E-state index in [4.69, 9.17) is 5.11 Å². The van der Waals surface area contributed by atoms with Crippen LogP contribution < -0.4 is 0 Å². The molecule has 1 heterocycles. The number of benzene rings is 1. The van der Waals surface area contributed by atoms with Gasteiger partial charge < -0.3 is 5.11 Å². The van der Waals surface area contributed by atoms with Gasteiger partial charge in [0.2, 0.25) is 0 Å². The maximum Gasteiger partial charge on any atom is 0.338 e. The average molecular weight is 335 g/mol. The number of hydrogen-bond donors (Lipinski definition) is 1. The summed E-state index contributed by atoms with van der Waals surface area (Å²) in [7, 11) is 0. The molecule has 4 nitrogen and oxygen atoms in total. The smallest absolute Gasteiger partial charge is 0.338 e. The van der Waals surface area contributed by atoms with E-state index >= 15 is 0 Å². The Morgan fingerprint density at radius 1 is 1.00 bits per heavy atom. The molecule has 1 N–H and O–H groups in total. The zero-order chi connectivity index (χ0) is 15.8. The first-order chi connectivity index (χ1) is 10.7. The first-order valence-corrected chi connectivity index (χ1v) is 7.85. The van der Waals surface area contributed by atoms with Crippen molar-refractivity contribution in [1.82, 2.24) is 9.97 Å². The molecule has 0 bridgehead atoms. The number of carbonyl (C=O) groups is 1. The van der Waals surface area contributed by atoms with Crippen LogP contribution in [-0.2, 0) is 6.42 Å². The molecule has 0 aliphatic rings. The Balaban J connectivity index is 0.00000264. The summed E-state index contributed by atoms with van der Waals surface area (Å²) in [6.45, 7) is 2.23. The minimum Gasteiger partial charge on any atom is -0.478 e. The van der Waals surface area contributed by atoms with Crippen molar-refractivity contribution in [3.8, 4) is 11.4 Å². The molecule has 5 heteroatoms. The molecule has 23 heavy (non-hydrogen) atoms. The summed E-state index contributed by atoms with van der Waals surface area (Å²) in [6, 6.07) is 8.20. The van der Waals surface area contributed by atoms with Crippen molar-refractivity contribution in [2.45, 2.75) is 45.4 Å². The van der Waals surface area contributed by atoms with Gasteiger partial charge in [0, 0.05) is 18.0 Å². The maximum atomic E-state index is 10.8. The fourth-order valence-corrected chi connectivity index (χ4v) is 2.34. The number of hydrogen-bond acceptors (Lipinski definition) is 3. The van der Waals surface area contributed by atoms with Crippen molar-refractivity contribution in [2.24, 2.45) is 0 Å². The van der Waals surface area contributed by atoms with Crippen molar-refractivity contribution < 1.29 is 9.90 Å². The highest BCUT2D eigenvalue weighted by Gasteiger charge is 2.06. The number of aromatic carboxylic acids is 1. The first kappa shape index (κ1) is 19.1. The molecule has 0 spiro atoms. The fraction of sp³-hybridized carbons (Fsp3) is 0.389. The maximum absolute atomic E-state index is 10.8. The molecule has 2 rings (SSSR count). The highest BCUT2D eigenvalue weighted by Crippen LogP contribution is 2.17. The second-order valence-electron chi connectivity index (χ2n) is 5.46. The highest BCUT2D eigenvalue weighted by atomic mass is 35.5. The van der Waals surface area contributed by atoms with Crippen LogP contribution in [0.3, 0.4) is 0 Å². The third-order valence-electron chi connectivity index (χ3n) is 3.68. The Morgan fingerprint density at radius 3 is 2.17 bits per heavy atom. The predicted molar refractivity (Wildman–Crippen MR) is 94.1 cm³/mol. The van der Waals surface area contributed by atoms with Gasteiger partial charge in [0.1, 0.15) is 0 Å². The van der Waals surface area contributed by atoms with Gasteiger partial charge in [-0.3, -0.25) is 0 Å². The van der Waals surface area contributed by atoms with E-state index in [2.05, 4.69) is 29.0 Å². The van der Waals surface area contributed by atoms with Gasteiger partial charge in [0.05, 0.1) is 5.56 Å². The summed E-state index contributed by atoms with van der Waals surface area (Å²) < 4.78 is 0. The van der Waals surface area contributed by atoms with Crippen LogP contribution in [0, 0.1) is 0 Å². The zero-order valence-corrected chi connectivity index (χ0v) is 14.2. The Hall–Kier alpha value is -1.94. The number of aryl methyl sites for hydroxylation is 1. The van der Waals surface area contributed by atoms with Crippen LogP contribution in [0.1, 0.15) is 54.9 Å². The standard InChI is InChI=1S/C18H22N2O2.ClH/c1-2-3-4-5-6-7-14-8-10-15(11-9-14)17-19-12-16(13-20-17)18(21)22;/h8-13H,2-7H2,1H3,(H,21,22);1H. The Kier molecular flexibility index (Phi) is 8.27. The molecule has 0 aliphatic heterocycles. The van der Waals surface area contributed by atoms with E-state index in [9.17, 15) is 4.79 Å². The Labute approximate surface area is 143 Å². The van der Waals surface area contributed by atoms with Crippen LogP contribution in [0.25, 0.3) is 11.4 Å². The lowest BCUT2D eigenvalue weighted by Gasteiger charge is -2.04. The molecule has 1 aromatic heterocycles. The van der Waals surface area contributed by atoms with Crippen LogP contribution in [0.5, 0.6) is 0 Å². The number of rotatable bonds is 8. The molecule has 0 radical (unpaired) electrons. The summed E-state index contributed by atoms with van der Waals surface area (Å²) in [6.07, 6.45) is 10.2. The van der Waals surface area contributed by atoms with E-state index in [-0.39, 0.29) is 18.0 Å². The summed E-state index contributed by atoms with van der Waals surface area (Å²) in [5.41, 5.74) is 2.33. The number of aromatic nitrogens is 2. The molecule has 124 valence electrons. The number of nitrogens with zero attached hydrogens (tertiary/aromatic N) is 2. The van der Waals surface area contributed by atoms with Crippen LogP contribution in [0.2, 0.25) is 0 Å². The van der Waals surface area contributed by atoms with Crippen molar-refractivity contribution in [3.63, 3.8) is 0 Å². The topological polar surface area (TPSA) is 63.1 Å². The summed E-state index contributed by atoms with van der Waals surface area (Å²) >= 11 is 0.